The summed E-state index contributed by atoms with van der Waals surface area (Å²) in [5, 5.41) is 0. The van der Waals surface area contributed by atoms with E-state index in [0.29, 0.717) is 0 Å². The third-order valence-corrected chi connectivity index (χ3v) is 2.02. The van der Waals surface area contributed by atoms with Crippen molar-refractivity contribution in [2.75, 3.05) is 0 Å². The van der Waals surface area contributed by atoms with Gasteiger partial charge in [-0.3, -0.25) is 0 Å². The summed E-state index contributed by atoms with van der Waals surface area (Å²) in [6.45, 7) is 4.10. The Morgan fingerprint density at radius 2 is 1.55 bits per heavy atom. The Morgan fingerprint density at radius 1 is 1.18 bits per heavy atom. The molecule has 1 rings (SSSR count). The van der Waals surface area contributed by atoms with Crippen LogP contribution in [-0.4, -0.2) is 4.57 Å². The number of rotatable bonds is 1. The van der Waals surface area contributed by atoms with Gasteiger partial charge in [0.05, 0.1) is 0 Å². The fourth-order valence-corrected chi connectivity index (χ4v) is 1.77. The van der Waals surface area contributed by atoms with E-state index in [1.54, 1.807) is 0 Å². The van der Waals surface area contributed by atoms with E-state index in [2.05, 4.69) is 42.0 Å². The molecule has 0 amide bonds. The lowest BCUT2D eigenvalue weighted by molar-refractivity contribution is 0.817. The van der Waals surface area contributed by atoms with Gasteiger partial charge in [0.25, 0.3) is 0 Å². The van der Waals surface area contributed by atoms with Crippen molar-refractivity contribution >= 4 is 25.3 Å². The number of hydrogen-bond donors (Lipinski definition) is 2. The van der Waals surface area contributed by atoms with Gasteiger partial charge in [0.1, 0.15) is 4.71 Å². The van der Waals surface area contributed by atoms with E-state index in [9.17, 15) is 0 Å². The fraction of sp³-hybridized carbons (Fsp3) is 0.500. The molecule has 0 spiro atoms. The van der Waals surface area contributed by atoms with E-state index in [-0.39, 0.29) is 12.1 Å². The highest BCUT2D eigenvalue weighted by Gasteiger charge is 2.03. The predicted octanol–water partition coefficient (Wildman–Crippen LogP) is 3.06. The van der Waals surface area contributed by atoms with Crippen LogP contribution in [-0.2, 0) is 0 Å². The summed E-state index contributed by atoms with van der Waals surface area (Å²) in [4.78, 5) is 0. The zero-order valence-corrected chi connectivity index (χ0v) is 7.86. The molecule has 0 aliphatic carbocycles. The summed E-state index contributed by atoms with van der Waals surface area (Å²) < 4.78 is 2.04. The van der Waals surface area contributed by atoms with Gasteiger partial charge in [0.2, 0.25) is 0 Å². The number of nitrogens with zero attached hydrogens (tertiary/aromatic N) is 1. The van der Waals surface area contributed by atoms with Crippen LogP contribution in [0.15, 0.2) is 12.1 Å². The second kappa shape index (κ2) is 4.12. The number of aromatic nitrogens is 1. The van der Waals surface area contributed by atoms with Gasteiger partial charge in [-0.05, 0) is 26.0 Å². The topological polar surface area (TPSA) is 4.93 Å². The Labute approximate surface area is 79.6 Å². The van der Waals surface area contributed by atoms with Gasteiger partial charge in [-0.15, -0.1) is 25.3 Å². The van der Waals surface area contributed by atoms with Crippen molar-refractivity contribution in [2.24, 2.45) is 0 Å². The molecule has 1 aromatic rings. The maximum Gasteiger partial charge on any atom is 0.120 e. The smallest absolute Gasteiger partial charge is 0.120 e. The van der Waals surface area contributed by atoms with Crippen LogP contribution in [0.2, 0.25) is 0 Å². The van der Waals surface area contributed by atoms with Crippen molar-refractivity contribution in [2.45, 2.75) is 26.0 Å². The highest BCUT2D eigenvalue weighted by atomic mass is 32.2. The summed E-state index contributed by atoms with van der Waals surface area (Å²) in [6, 6.07) is 4.13. The first-order valence-electron chi connectivity index (χ1n) is 3.13. The minimum atomic E-state index is -0.0185. The average Bonchev–Trinajstić information content (AvgIpc) is 2.11. The molecule has 0 fully saturated rings. The van der Waals surface area contributed by atoms with Gasteiger partial charge in [-0.25, -0.2) is 0 Å². The van der Waals surface area contributed by atoms with Gasteiger partial charge < -0.3 is 4.57 Å². The molecule has 0 aliphatic heterocycles. The average molecular weight is 189 g/mol. The van der Waals surface area contributed by atoms with E-state index < -0.39 is 0 Å². The van der Waals surface area contributed by atoms with Crippen molar-refractivity contribution in [3.63, 3.8) is 0 Å². The summed E-state index contributed by atoms with van der Waals surface area (Å²) in [6.07, 6.45) is 0. The standard InChI is InChI=1S/C7H11NS2.CH4/c1-5-3-4-6(2)8(5)7(9)10;/h3-4,7,9-10H,1-2H3;1H4. The van der Waals surface area contributed by atoms with Crippen LogP contribution in [0.1, 0.15) is 23.5 Å². The maximum atomic E-state index is 4.22. The van der Waals surface area contributed by atoms with E-state index in [1.807, 2.05) is 13.8 Å². The molecule has 3 heteroatoms. The lowest BCUT2D eigenvalue weighted by Gasteiger charge is -2.10. The normalized spacial score (nSPS) is 9.91. The van der Waals surface area contributed by atoms with Gasteiger partial charge in [-0.1, -0.05) is 7.43 Å². The fourth-order valence-electron chi connectivity index (χ4n) is 1.04. The molecule has 64 valence electrons. The lowest BCUT2D eigenvalue weighted by Crippen LogP contribution is -1.99. The summed E-state index contributed by atoms with van der Waals surface area (Å²) in [5.74, 6) is 0. The minimum absolute atomic E-state index is 0. The molecule has 0 aromatic carbocycles. The van der Waals surface area contributed by atoms with E-state index in [1.165, 1.54) is 11.4 Å². The summed E-state index contributed by atoms with van der Waals surface area (Å²) in [7, 11) is 0. The molecule has 0 saturated heterocycles. The quantitative estimate of drug-likeness (QED) is 0.494. The Bertz CT molecular complexity index is 208. The zero-order chi connectivity index (χ0) is 7.72. The van der Waals surface area contributed by atoms with Crippen molar-refractivity contribution in [3.8, 4) is 0 Å². The molecular weight excluding hydrogens is 174 g/mol. The number of aryl methyl sites for hydroxylation is 2. The Balaban J connectivity index is 0.000001000. The van der Waals surface area contributed by atoms with Crippen LogP contribution in [0.5, 0.6) is 0 Å². The zero-order valence-electron chi connectivity index (χ0n) is 6.07. The SMILES string of the molecule is C.Cc1ccc(C)n1C(S)S. The first-order chi connectivity index (χ1) is 4.63. The van der Waals surface area contributed by atoms with Crippen molar-refractivity contribution in [1.82, 2.24) is 4.57 Å². The molecule has 0 saturated carbocycles. The molecule has 0 atom stereocenters. The van der Waals surface area contributed by atoms with E-state index in [4.69, 9.17) is 0 Å². The van der Waals surface area contributed by atoms with Crippen LogP contribution in [0.3, 0.4) is 0 Å². The molecule has 0 aliphatic rings. The molecule has 1 aromatic heterocycles. The van der Waals surface area contributed by atoms with Gasteiger partial charge >= 0.3 is 0 Å². The minimum Gasteiger partial charge on any atom is -0.328 e. The van der Waals surface area contributed by atoms with Gasteiger partial charge in [0.15, 0.2) is 0 Å². The molecule has 0 bridgehead atoms. The number of thiol groups is 2. The molecule has 0 unspecified atom stereocenters. The van der Waals surface area contributed by atoms with Crippen molar-refractivity contribution < 1.29 is 0 Å². The molecule has 1 nitrogen and oxygen atoms in total. The monoisotopic (exact) mass is 189 g/mol. The Kier molecular flexibility index (Phi) is 4.11. The van der Waals surface area contributed by atoms with E-state index >= 15 is 0 Å². The van der Waals surface area contributed by atoms with Gasteiger partial charge in [-0.2, -0.15) is 0 Å². The first-order valence-corrected chi connectivity index (χ1v) is 4.17. The Morgan fingerprint density at radius 3 is 1.73 bits per heavy atom. The van der Waals surface area contributed by atoms with Crippen LogP contribution in [0.4, 0.5) is 0 Å². The second-order valence-electron chi connectivity index (χ2n) is 2.33. The third-order valence-electron chi connectivity index (χ3n) is 1.56. The molecule has 1 heterocycles. The maximum absolute atomic E-state index is 4.22. The molecule has 0 radical (unpaired) electrons. The Hall–Kier alpha value is -0.0200. The van der Waals surface area contributed by atoms with Crippen molar-refractivity contribution in [1.29, 1.82) is 0 Å². The van der Waals surface area contributed by atoms with Crippen molar-refractivity contribution in [3.05, 3.63) is 23.5 Å². The molecule has 11 heavy (non-hydrogen) atoms. The largest absolute Gasteiger partial charge is 0.328 e. The summed E-state index contributed by atoms with van der Waals surface area (Å²) in [5.41, 5.74) is 2.40. The highest BCUT2D eigenvalue weighted by molar-refractivity contribution is 7.98. The van der Waals surface area contributed by atoms with Crippen LogP contribution in [0.25, 0.3) is 0 Å². The second-order valence-corrected chi connectivity index (χ2v) is 3.72. The molecular formula is C8H15NS2. The number of hydrogen-bond acceptors (Lipinski definition) is 2. The van der Waals surface area contributed by atoms with Crippen LogP contribution >= 0.6 is 25.3 Å². The van der Waals surface area contributed by atoms with Crippen LogP contribution < -0.4 is 0 Å². The lowest BCUT2D eigenvalue weighted by atomic mass is 10.5. The third kappa shape index (κ3) is 2.20. The van der Waals surface area contributed by atoms with E-state index in [0.717, 1.165) is 0 Å². The summed E-state index contributed by atoms with van der Waals surface area (Å²) >= 11 is 8.44. The first kappa shape index (κ1) is 11.0. The van der Waals surface area contributed by atoms with Crippen LogP contribution in [0, 0.1) is 13.8 Å². The highest BCUT2D eigenvalue weighted by Crippen LogP contribution is 2.21. The van der Waals surface area contributed by atoms with Gasteiger partial charge in [0, 0.05) is 11.4 Å². The molecule has 0 N–H and O–H groups in total. The predicted molar refractivity (Wildman–Crippen MR) is 57.6 cm³/mol.